The summed E-state index contributed by atoms with van der Waals surface area (Å²) in [6.45, 7) is 6.99. The van der Waals surface area contributed by atoms with Crippen LogP contribution in [0.5, 0.6) is 11.5 Å². The Kier molecular flexibility index (Phi) is 14.1. The molecule has 1 aliphatic heterocycles. The van der Waals surface area contributed by atoms with Gasteiger partial charge in [0.05, 0.1) is 43.1 Å². The first-order valence-electron chi connectivity index (χ1n) is 17.2. The highest BCUT2D eigenvalue weighted by atomic mass is 19.4. The van der Waals surface area contributed by atoms with E-state index in [4.69, 9.17) is 14.2 Å². The van der Waals surface area contributed by atoms with Gasteiger partial charge in [-0.1, -0.05) is 19.1 Å². The second-order valence-electron chi connectivity index (χ2n) is 13.2. The summed E-state index contributed by atoms with van der Waals surface area (Å²) >= 11 is 0. The average molecular weight is 715 g/mol. The second kappa shape index (κ2) is 18.2. The number of halogens is 3. The molecule has 4 atom stereocenters. The van der Waals surface area contributed by atoms with Gasteiger partial charge in [-0.2, -0.15) is 13.2 Å². The molecule has 51 heavy (non-hydrogen) atoms. The number of carbonyl (C=O) groups excluding carboxylic acids is 2. The largest absolute Gasteiger partial charge is 0.497 e. The highest BCUT2D eigenvalue weighted by molar-refractivity contribution is 6.02. The Balaban J connectivity index is 1.55. The maximum Gasteiger partial charge on any atom is 0.416 e. The molecule has 3 aromatic rings. The van der Waals surface area contributed by atoms with Crippen molar-refractivity contribution in [2.45, 2.75) is 71.0 Å². The van der Waals surface area contributed by atoms with Crippen LogP contribution in [0.25, 0.3) is 0 Å². The minimum Gasteiger partial charge on any atom is -0.497 e. The highest BCUT2D eigenvalue weighted by Crippen LogP contribution is 2.30. The van der Waals surface area contributed by atoms with Gasteiger partial charge in [-0.3, -0.25) is 9.69 Å². The van der Waals surface area contributed by atoms with Gasteiger partial charge >= 0.3 is 12.2 Å². The molecule has 0 radical (unpaired) electrons. The van der Waals surface area contributed by atoms with E-state index in [0.29, 0.717) is 49.0 Å². The molecule has 3 N–H and O–H groups in total. The lowest BCUT2D eigenvalue weighted by Gasteiger charge is -2.36. The van der Waals surface area contributed by atoms with Crippen molar-refractivity contribution >= 4 is 23.3 Å². The SMILES string of the molecule is COc1ccc(NC(=O)Nc2ccc3c(c2)C(=O)N([C@H](C)CO)C[C@@H](C)[C@@H](CN(C)Cc2ccc(C(F)(F)F)cc2)OCCCC[C@@H](C)O3)cc1. The maximum absolute atomic E-state index is 14.4. The zero-order valence-electron chi connectivity index (χ0n) is 29.8. The van der Waals surface area contributed by atoms with E-state index in [2.05, 4.69) is 10.6 Å². The third-order valence-corrected chi connectivity index (χ3v) is 8.88. The number of fused-ring (bicyclic) bond motifs is 1. The number of urea groups is 1. The first-order valence-corrected chi connectivity index (χ1v) is 17.2. The van der Waals surface area contributed by atoms with Crippen molar-refractivity contribution in [3.63, 3.8) is 0 Å². The number of carbonyl (C=O) groups is 2. The Bertz CT molecular complexity index is 1570. The van der Waals surface area contributed by atoms with E-state index >= 15 is 0 Å². The van der Waals surface area contributed by atoms with E-state index in [1.807, 2.05) is 25.8 Å². The summed E-state index contributed by atoms with van der Waals surface area (Å²) in [5.74, 6) is 0.455. The number of aliphatic hydroxyl groups excluding tert-OH is 1. The normalized spacial score (nSPS) is 19.8. The Labute approximate surface area is 297 Å². The monoisotopic (exact) mass is 714 g/mol. The quantitative estimate of drug-likeness (QED) is 0.214. The van der Waals surface area contributed by atoms with Crippen LogP contribution >= 0.6 is 0 Å². The molecule has 4 rings (SSSR count). The molecular formula is C38H49F3N4O6. The Morgan fingerprint density at radius 3 is 2.35 bits per heavy atom. The summed E-state index contributed by atoms with van der Waals surface area (Å²) in [7, 11) is 3.44. The number of rotatable bonds is 9. The number of aliphatic hydroxyl groups is 1. The molecule has 0 spiro atoms. The van der Waals surface area contributed by atoms with Gasteiger partial charge in [-0.25, -0.2) is 4.79 Å². The topological polar surface area (TPSA) is 113 Å². The van der Waals surface area contributed by atoms with Gasteiger partial charge in [-0.15, -0.1) is 0 Å². The van der Waals surface area contributed by atoms with Gasteiger partial charge in [0, 0.05) is 43.5 Å². The highest BCUT2D eigenvalue weighted by Gasteiger charge is 2.32. The van der Waals surface area contributed by atoms with Crippen LogP contribution in [0.1, 0.15) is 61.5 Å². The van der Waals surface area contributed by atoms with Crippen LogP contribution in [0.2, 0.25) is 0 Å². The van der Waals surface area contributed by atoms with Gasteiger partial charge in [0.2, 0.25) is 0 Å². The van der Waals surface area contributed by atoms with Crippen molar-refractivity contribution in [2.75, 3.05) is 51.1 Å². The summed E-state index contributed by atoms with van der Waals surface area (Å²) in [5.41, 5.74) is 1.21. The molecule has 1 aliphatic rings. The fourth-order valence-corrected chi connectivity index (χ4v) is 5.91. The molecule has 0 aromatic heterocycles. The predicted octanol–water partition coefficient (Wildman–Crippen LogP) is 7.29. The van der Waals surface area contributed by atoms with Crippen molar-refractivity contribution in [1.29, 1.82) is 0 Å². The number of methoxy groups -OCH3 is 1. The zero-order valence-corrected chi connectivity index (χ0v) is 29.8. The fraction of sp³-hybridized carbons (Fsp3) is 0.474. The smallest absolute Gasteiger partial charge is 0.416 e. The summed E-state index contributed by atoms with van der Waals surface area (Å²) in [6, 6.07) is 15.9. The molecule has 0 bridgehead atoms. The Morgan fingerprint density at radius 2 is 1.71 bits per heavy atom. The molecule has 0 saturated carbocycles. The van der Waals surface area contributed by atoms with Crippen LogP contribution in [0.4, 0.5) is 29.3 Å². The Hall–Kier alpha value is -4.33. The van der Waals surface area contributed by atoms with Gasteiger partial charge in [0.25, 0.3) is 5.91 Å². The van der Waals surface area contributed by atoms with Gasteiger partial charge < -0.3 is 34.9 Å². The Morgan fingerprint density at radius 1 is 1.04 bits per heavy atom. The van der Waals surface area contributed by atoms with Crippen LogP contribution in [0.3, 0.4) is 0 Å². The van der Waals surface area contributed by atoms with Crippen LogP contribution in [-0.4, -0.2) is 85.6 Å². The van der Waals surface area contributed by atoms with E-state index in [0.717, 1.165) is 30.5 Å². The van der Waals surface area contributed by atoms with E-state index in [-0.39, 0.29) is 42.7 Å². The van der Waals surface area contributed by atoms with Crippen LogP contribution in [0, 0.1) is 5.92 Å². The van der Waals surface area contributed by atoms with Gasteiger partial charge in [0.15, 0.2) is 0 Å². The van der Waals surface area contributed by atoms with Crippen molar-refractivity contribution in [3.8, 4) is 11.5 Å². The van der Waals surface area contributed by atoms with Crippen molar-refractivity contribution in [3.05, 3.63) is 83.4 Å². The minimum atomic E-state index is -4.40. The molecule has 0 fully saturated rings. The summed E-state index contributed by atoms with van der Waals surface area (Å²) in [5, 5.41) is 15.8. The van der Waals surface area contributed by atoms with Crippen LogP contribution in [-0.2, 0) is 17.5 Å². The number of anilines is 2. The van der Waals surface area contributed by atoms with E-state index in [9.17, 15) is 27.9 Å². The van der Waals surface area contributed by atoms with E-state index in [1.165, 1.54) is 12.1 Å². The molecule has 278 valence electrons. The van der Waals surface area contributed by atoms with Crippen LogP contribution < -0.4 is 20.1 Å². The van der Waals surface area contributed by atoms with E-state index < -0.39 is 23.8 Å². The van der Waals surface area contributed by atoms with Gasteiger partial charge in [-0.05, 0) is 100 Å². The average Bonchev–Trinajstić information content (AvgIpc) is 3.09. The number of benzene rings is 3. The first-order chi connectivity index (χ1) is 24.3. The third-order valence-electron chi connectivity index (χ3n) is 8.88. The number of nitrogens with one attached hydrogen (secondary N) is 2. The first kappa shape index (κ1) is 39.5. The summed E-state index contributed by atoms with van der Waals surface area (Å²) in [6.07, 6.45) is -2.61. The number of nitrogens with zero attached hydrogens (tertiary/aromatic N) is 2. The fourth-order valence-electron chi connectivity index (χ4n) is 5.91. The van der Waals surface area contributed by atoms with Crippen molar-refractivity contribution < 1.29 is 42.1 Å². The van der Waals surface area contributed by atoms with Crippen molar-refractivity contribution in [2.24, 2.45) is 5.92 Å². The summed E-state index contributed by atoms with van der Waals surface area (Å²) < 4.78 is 57.1. The molecule has 0 aliphatic carbocycles. The summed E-state index contributed by atoms with van der Waals surface area (Å²) in [4.78, 5) is 30.9. The van der Waals surface area contributed by atoms with Gasteiger partial charge in [0.1, 0.15) is 11.5 Å². The second-order valence-corrected chi connectivity index (χ2v) is 13.2. The lowest BCUT2D eigenvalue weighted by molar-refractivity contribution is -0.137. The number of hydrogen-bond acceptors (Lipinski definition) is 7. The molecule has 3 aromatic carbocycles. The lowest BCUT2D eigenvalue weighted by Crippen LogP contribution is -2.47. The molecule has 1 heterocycles. The molecule has 0 unspecified atom stereocenters. The standard InChI is InChI=1S/C38H49F3N4O6/c1-25-21-45(26(2)24-46)36(47)33-20-31(43-37(48)42-30-13-16-32(49-5)17-14-30)15-18-34(33)51-27(3)8-6-7-19-50-35(25)23-44(4)22-28-9-11-29(12-10-28)38(39,40)41/h9-18,20,25-27,35,46H,6-8,19,21-24H2,1-5H3,(H2,42,43,48)/t25-,26-,27-,35-/m1/s1. The molecule has 10 nitrogen and oxygen atoms in total. The molecule has 13 heteroatoms. The van der Waals surface area contributed by atoms with E-state index in [1.54, 1.807) is 61.4 Å². The number of alkyl halides is 3. The molecule has 0 saturated heterocycles. The number of amides is 3. The number of ether oxygens (including phenoxy) is 3. The number of hydrogen-bond donors (Lipinski definition) is 3. The van der Waals surface area contributed by atoms with Crippen molar-refractivity contribution in [1.82, 2.24) is 9.80 Å². The third kappa shape index (κ3) is 11.6. The maximum atomic E-state index is 14.4. The minimum absolute atomic E-state index is 0.194. The lowest BCUT2D eigenvalue weighted by atomic mass is 10.0. The predicted molar refractivity (Wildman–Crippen MR) is 190 cm³/mol. The number of likely N-dealkylation sites (N-methyl/N-ethyl adjacent to an activating group) is 1. The molecular weight excluding hydrogens is 665 g/mol. The van der Waals surface area contributed by atoms with Crippen LogP contribution in [0.15, 0.2) is 66.7 Å². The zero-order chi connectivity index (χ0) is 37.1. The molecule has 3 amide bonds.